The van der Waals surface area contributed by atoms with Gasteiger partial charge in [-0.3, -0.25) is 0 Å². The first-order chi connectivity index (χ1) is 13.4. The van der Waals surface area contributed by atoms with Crippen LogP contribution in [0.4, 0.5) is 5.82 Å². The summed E-state index contributed by atoms with van der Waals surface area (Å²) in [6.07, 6.45) is 5.20. The zero-order valence-corrected chi connectivity index (χ0v) is 17.9. The molecular weight excluding hydrogens is 421 g/mol. The number of nitrogens with zero attached hydrogens (tertiary/aromatic N) is 3. The molecular formula is C20H22Cl3N3O2. The third-order valence-electron chi connectivity index (χ3n) is 5.79. The van der Waals surface area contributed by atoms with Crippen LogP contribution in [0.15, 0.2) is 18.3 Å². The summed E-state index contributed by atoms with van der Waals surface area (Å²) in [7, 11) is 0. The van der Waals surface area contributed by atoms with Crippen molar-refractivity contribution in [3.8, 4) is 11.3 Å². The number of benzene rings is 1. The molecule has 0 radical (unpaired) electrons. The average molecular weight is 443 g/mol. The number of aliphatic hydroxyl groups is 1. The smallest absolute Gasteiger partial charge is 0.152 e. The van der Waals surface area contributed by atoms with Gasteiger partial charge in [-0.1, -0.05) is 34.8 Å². The molecule has 4 rings (SSSR count). The Bertz CT molecular complexity index is 885. The topological polar surface area (TPSA) is 58.5 Å². The summed E-state index contributed by atoms with van der Waals surface area (Å²) in [4.78, 5) is 11.4. The second-order valence-corrected chi connectivity index (χ2v) is 8.91. The molecule has 2 aliphatic heterocycles. The molecule has 2 aromatic rings. The third-order valence-corrected chi connectivity index (χ3v) is 6.91. The van der Waals surface area contributed by atoms with Crippen LogP contribution < -0.4 is 4.90 Å². The molecule has 8 heteroatoms. The SMILES string of the molecule is C[C@H]1CC2(CCN(c3ncc(-c4c(Cl)ccc(Cl)c4Cl)nc3CO)CC2)CO1. The van der Waals surface area contributed by atoms with Crippen molar-refractivity contribution < 1.29 is 9.84 Å². The number of ether oxygens (including phenoxy) is 1. The highest BCUT2D eigenvalue weighted by molar-refractivity contribution is 6.46. The maximum absolute atomic E-state index is 9.91. The minimum absolute atomic E-state index is 0.215. The van der Waals surface area contributed by atoms with Crippen molar-refractivity contribution in [3.63, 3.8) is 0 Å². The fraction of sp³-hybridized carbons (Fsp3) is 0.500. The first-order valence-electron chi connectivity index (χ1n) is 9.40. The van der Waals surface area contributed by atoms with E-state index >= 15 is 0 Å². The van der Waals surface area contributed by atoms with E-state index in [1.165, 1.54) is 0 Å². The number of aromatic nitrogens is 2. The van der Waals surface area contributed by atoms with E-state index in [0.717, 1.165) is 39.0 Å². The van der Waals surface area contributed by atoms with Crippen molar-refractivity contribution in [3.05, 3.63) is 39.1 Å². The molecule has 2 fully saturated rings. The number of halogens is 3. The standard InChI is InChI=1S/C20H22Cl3N3O2/c1-12-8-20(11-28-12)4-6-26(7-5-20)19-16(10-27)25-15(9-24-19)17-13(21)2-3-14(22)18(17)23/h2-3,9,12,27H,4-8,10-11H2,1H3/t12-/m0/s1. The van der Waals surface area contributed by atoms with Gasteiger partial charge < -0.3 is 14.7 Å². The van der Waals surface area contributed by atoms with Gasteiger partial charge in [0.05, 0.1) is 46.3 Å². The molecule has 150 valence electrons. The number of piperidine rings is 1. The Morgan fingerprint density at radius 2 is 1.93 bits per heavy atom. The zero-order chi connectivity index (χ0) is 19.9. The predicted molar refractivity (Wildman–Crippen MR) is 112 cm³/mol. The Morgan fingerprint density at radius 1 is 1.21 bits per heavy atom. The predicted octanol–water partition coefficient (Wildman–Crippen LogP) is 4.99. The molecule has 2 aliphatic rings. The Hall–Kier alpha value is -1.11. The fourth-order valence-corrected chi connectivity index (χ4v) is 4.98. The van der Waals surface area contributed by atoms with E-state index in [2.05, 4.69) is 21.8 Å². The number of aliphatic hydroxyl groups excluding tert-OH is 1. The highest BCUT2D eigenvalue weighted by atomic mass is 35.5. The van der Waals surface area contributed by atoms with E-state index < -0.39 is 0 Å². The van der Waals surface area contributed by atoms with Crippen LogP contribution in [-0.4, -0.2) is 40.9 Å². The number of hydrogen-bond acceptors (Lipinski definition) is 5. The lowest BCUT2D eigenvalue weighted by molar-refractivity contribution is 0.0975. The van der Waals surface area contributed by atoms with E-state index in [0.29, 0.717) is 43.9 Å². The number of rotatable bonds is 3. The summed E-state index contributed by atoms with van der Waals surface area (Å²) >= 11 is 18.8. The largest absolute Gasteiger partial charge is 0.390 e. The molecule has 5 nitrogen and oxygen atoms in total. The fourth-order valence-electron chi connectivity index (χ4n) is 4.26. The Balaban J connectivity index is 1.60. The third kappa shape index (κ3) is 3.71. The summed E-state index contributed by atoms with van der Waals surface area (Å²) in [5.74, 6) is 0.710. The van der Waals surface area contributed by atoms with E-state index in [1.807, 2.05) is 0 Å². The van der Waals surface area contributed by atoms with E-state index in [4.69, 9.17) is 39.5 Å². The lowest BCUT2D eigenvalue weighted by Crippen LogP contribution is -2.41. The van der Waals surface area contributed by atoms with Crippen molar-refractivity contribution in [2.75, 3.05) is 24.6 Å². The van der Waals surface area contributed by atoms with Crippen molar-refractivity contribution in [1.29, 1.82) is 0 Å². The van der Waals surface area contributed by atoms with Gasteiger partial charge >= 0.3 is 0 Å². The lowest BCUT2D eigenvalue weighted by atomic mass is 9.77. The van der Waals surface area contributed by atoms with Crippen molar-refractivity contribution in [1.82, 2.24) is 9.97 Å². The first-order valence-corrected chi connectivity index (χ1v) is 10.5. The molecule has 3 heterocycles. The molecule has 0 amide bonds. The summed E-state index contributed by atoms with van der Waals surface area (Å²) in [6, 6.07) is 3.32. The highest BCUT2D eigenvalue weighted by Crippen LogP contribution is 2.43. The number of anilines is 1. The van der Waals surface area contributed by atoms with Gasteiger partial charge in [0, 0.05) is 18.7 Å². The average Bonchev–Trinajstić information content (AvgIpc) is 3.06. The van der Waals surface area contributed by atoms with Crippen molar-refractivity contribution in [2.45, 2.75) is 38.9 Å². The molecule has 2 saturated heterocycles. The van der Waals surface area contributed by atoms with Crippen LogP contribution in [0.1, 0.15) is 31.9 Å². The van der Waals surface area contributed by atoms with E-state index in [9.17, 15) is 5.11 Å². The molecule has 28 heavy (non-hydrogen) atoms. The Morgan fingerprint density at radius 3 is 2.57 bits per heavy atom. The van der Waals surface area contributed by atoms with Gasteiger partial charge in [-0.15, -0.1) is 0 Å². The van der Waals surface area contributed by atoms with Gasteiger partial charge in [0.25, 0.3) is 0 Å². The maximum Gasteiger partial charge on any atom is 0.152 e. The normalized spacial score (nSPS) is 21.5. The van der Waals surface area contributed by atoms with Gasteiger partial charge in [-0.25, -0.2) is 9.97 Å². The van der Waals surface area contributed by atoms with Crippen LogP contribution in [0.25, 0.3) is 11.3 Å². The Kier molecular flexibility index (Phi) is 5.73. The molecule has 1 atom stereocenters. The van der Waals surface area contributed by atoms with Crippen LogP contribution in [0.3, 0.4) is 0 Å². The summed E-state index contributed by atoms with van der Waals surface area (Å²) in [5.41, 5.74) is 1.82. The molecule has 1 aromatic carbocycles. The van der Waals surface area contributed by atoms with Gasteiger partial charge in [0.15, 0.2) is 5.82 Å². The molecule has 1 spiro atoms. The summed E-state index contributed by atoms with van der Waals surface area (Å²) in [6.45, 7) is 4.51. The van der Waals surface area contributed by atoms with Crippen LogP contribution in [-0.2, 0) is 11.3 Å². The number of hydrogen-bond donors (Lipinski definition) is 1. The second-order valence-electron chi connectivity index (χ2n) is 7.71. The van der Waals surface area contributed by atoms with Gasteiger partial charge in [-0.05, 0) is 43.7 Å². The van der Waals surface area contributed by atoms with Crippen LogP contribution >= 0.6 is 34.8 Å². The quantitative estimate of drug-likeness (QED) is 0.679. The first kappa shape index (κ1) is 20.2. The second kappa shape index (κ2) is 7.96. The van der Waals surface area contributed by atoms with Crippen molar-refractivity contribution >= 4 is 40.6 Å². The Labute approximate surface area is 179 Å². The minimum Gasteiger partial charge on any atom is -0.390 e. The minimum atomic E-state index is -0.215. The molecule has 0 bridgehead atoms. The van der Waals surface area contributed by atoms with Crippen LogP contribution in [0.5, 0.6) is 0 Å². The molecule has 0 aliphatic carbocycles. The van der Waals surface area contributed by atoms with Crippen LogP contribution in [0.2, 0.25) is 15.1 Å². The van der Waals surface area contributed by atoms with Gasteiger partial charge in [0.2, 0.25) is 0 Å². The van der Waals surface area contributed by atoms with E-state index in [-0.39, 0.29) is 12.0 Å². The van der Waals surface area contributed by atoms with Gasteiger partial charge in [-0.2, -0.15) is 0 Å². The highest BCUT2D eigenvalue weighted by Gasteiger charge is 2.41. The summed E-state index contributed by atoms with van der Waals surface area (Å²) in [5, 5.41) is 11.1. The van der Waals surface area contributed by atoms with Crippen LogP contribution in [0, 0.1) is 5.41 Å². The van der Waals surface area contributed by atoms with E-state index in [1.54, 1.807) is 18.3 Å². The molecule has 0 unspecified atom stereocenters. The molecule has 1 N–H and O–H groups in total. The van der Waals surface area contributed by atoms with Crippen molar-refractivity contribution in [2.24, 2.45) is 5.41 Å². The maximum atomic E-state index is 9.91. The van der Waals surface area contributed by atoms with Gasteiger partial charge in [0.1, 0.15) is 5.69 Å². The summed E-state index contributed by atoms with van der Waals surface area (Å²) < 4.78 is 5.81. The zero-order valence-electron chi connectivity index (χ0n) is 15.6. The molecule has 1 aromatic heterocycles. The monoisotopic (exact) mass is 441 g/mol. The lowest BCUT2D eigenvalue weighted by Gasteiger charge is -2.39. The molecule has 0 saturated carbocycles.